The maximum absolute atomic E-state index is 13.8. The second-order valence-electron chi connectivity index (χ2n) is 7.80. The summed E-state index contributed by atoms with van der Waals surface area (Å²) in [6.07, 6.45) is 5.21. The van der Waals surface area contributed by atoms with Crippen molar-refractivity contribution in [3.8, 4) is 11.5 Å². The molecule has 3 aromatic rings. The van der Waals surface area contributed by atoms with Gasteiger partial charge in [0, 0.05) is 17.5 Å². The first-order chi connectivity index (χ1) is 15.1. The van der Waals surface area contributed by atoms with Gasteiger partial charge < -0.3 is 9.84 Å². The van der Waals surface area contributed by atoms with E-state index in [9.17, 15) is 17.9 Å². The van der Waals surface area contributed by atoms with Crippen LogP contribution in [-0.4, -0.2) is 25.3 Å². The summed E-state index contributed by atoms with van der Waals surface area (Å²) in [7, 11) is -4.05. The van der Waals surface area contributed by atoms with Gasteiger partial charge in [0.05, 0.1) is 11.3 Å². The van der Waals surface area contributed by atoms with Crippen LogP contribution in [0.25, 0.3) is 6.08 Å². The predicted octanol–water partition coefficient (Wildman–Crippen LogP) is 5.27. The number of hydrogen-bond acceptors (Lipinski definition) is 5. The van der Waals surface area contributed by atoms with E-state index in [0.717, 1.165) is 6.07 Å². The molecule has 0 atom stereocenters. The molecule has 0 amide bonds. The highest BCUT2D eigenvalue weighted by molar-refractivity contribution is 7.92. The van der Waals surface area contributed by atoms with E-state index in [4.69, 9.17) is 4.74 Å². The van der Waals surface area contributed by atoms with Gasteiger partial charge in [0.25, 0.3) is 10.0 Å². The Hall–Kier alpha value is -3.65. The molecule has 0 fully saturated rings. The molecule has 32 heavy (non-hydrogen) atoms. The molecule has 0 radical (unpaired) electrons. The van der Waals surface area contributed by atoms with E-state index in [1.165, 1.54) is 36.5 Å². The fourth-order valence-electron chi connectivity index (χ4n) is 3.19. The Morgan fingerprint density at radius 3 is 2.50 bits per heavy atom. The number of ether oxygens (including phenoxy) is 1. The minimum absolute atomic E-state index is 0.0623. The van der Waals surface area contributed by atoms with Gasteiger partial charge in [-0.15, -0.1) is 0 Å². The molecule has 1 heterocycles. The van der Waals surface area contributed by atoms with Crippen LogP contribution in [0.2, 0.25) is 0 Å². The molecule has 0 aromatic heterocycles. The lowest BCUT2D eigenvalue weighted by atomic mass is 10.00. The third-order valence-corrected chi connectivity index (χ3v) is 6.25. The third-order valence-electron chi connectivity index (χ3n) is 4.83. The second kappa shape index (κ2) is 8.12. The van der Waals surface area contributed by atoms with Crippen molar-refractivity contribution in [2.45, 2.75) is 24.3 Å². The first-order valence-electron chi connectivity index (χ1n) is 9.80. The molecule has 0 unspecified atom stereocenters. The number of halogens is 1. The van der Waals surface area contributed by atoms with Gasteiger partial charge in [-0.1, -0.05) is 12.1 Å². The van der Waals surface area contributed by atoms with Crippen LogP contribution in [0.15, 0.2) is 76.6 Å². The first-order valence-corrected chi connectivity index (χ1v) is 11.3. The maximum atomic E-state index is 13.8. The highest BCUT2D eigenvalue weighted by Gasteiger charge is 2.24. The first kappa shape index (κ1) is 21.6. The zero-order valence-electron chi connectivity index (χ0n) is 17.4. The summed E-state index contributed by atoms with van der Waals surface area (Å²) in [5.74, 6) is -0.166. The maximum Gasteiger partial charge on any atom is 0.264 e. The van der Waals surface area contributed by atoms with Gasteiger partial charge in [0.1, 0.15) is 27.8 Å². The van der Waals surface area contributed by atoms with Crippen LogP contribution in [-0.2, 0) is 10.0 Å². The zero-order chi connectivity index (χ0) is 22.9. The average Bonchev–Trinajstić information content (AvgIpc) is 2.73. The summed E-state index contributed by atoms with van der Waals surface area (Å²) in [5, 5.41) is 10.6. The normalized spacial score (nSPS) is 14.7. The van der Waals surface area contributed by atoms with Gasteiger partial charge in [-0.3, -0.25) is 9.71 Å². The highest BCUT2D eigenvalue weighted by atomic mass is 32.2. The van der Waals surface area contributed by atoms with E-state index in [0.29, 0.717) is 22.6 Å². The molecule has 0 bridgehead atoms. The fraction of sp³-hybridized carbons (Fsp3) is 0.125. The van der Waals surface area contributed by atoms with Crippen molar-refractivity contribution in [1.29, 1.82) is 0 Å². The molecule has 4 rings (SSSR count). The van der Waals surface area contributed by atoms with E-state index < -0.39 is 26.3 Å². The Bertz CT molecular complexity index is 1330. The molecule has 164 valence electrons. The monoisotopic (exact) mass is 452 g/mol. The Morgan fingerprint density at radius 2 is 1.78 bits per heavy atom. The molecule has 1 aliphatic heterocycles. The number of phenolic OH excluding ortho intramolecular Hbond substituents is 1. The van der Waals surface area contributed by atoms with Crippen molar-refractivity contribution in [1.82, 2.24) is 0 Å². The summed E-state index contributed by atoms with van der Waals surface area (Å²) in [4.78, 5) is 3.91. The smallest absolute Gasteiger partial charge is 0.264 e. The molecule has 1 aliphatic rings. The van der Waals surface area contributed by atoms with E-state index >= 15 is 0 Å². The van der Waals surface area contributed by atoms with Crippen molar-refractivity contribution in [2.24, 2.45) is 4.99 Å². The van der Waals surface area contributed by atoms with Crippen LogP contribution < -0.4 is 9.46 Å². The molecule has 2 N–H and O–H groups in total. The molecular formula is C24H21FN2O4S. The number of aliphatic imine (C=N–C) groups is 1. The molecule has 3 aromatic carbocycles. The fourth-order valence-corrected chi connectivity index (χ4v) is 4.33. The van der Waals surface area contributed by atoms with Crippen molar-refractivity contribution in [2.75, 3.05) is 4.72 Å². The Morgan fingerprint density at radius 1 is 1.06 bits per heavy atom. The Labute approximate surface area is 185 Å². The lowest BCUT2D eigenvalue weighted by Gasteiger charge is -2.28. The van der Waals surface area contributed by atoms with Crippen LogP contribution >= 0.6 is 0 Å². The van der Waals surface area contributed by atoms with Crippen molar-refractivity contribution in [3.63, 3.8) is 0 Å². The minimum atomic E-state index is -4.05. The van der Waals surface area contributed by atoms with Crippen molar-refractivity contribution < 1.29 is 22.7 Å². The molecule has 8 heteroatoms. The van der Waals surface area contributed by atoms with Gasteiger partial charge >= 0.3 is 0 Å². The molecule has 0 saturated heterocycles. The number of nitrogens with zero attached hydrogens (tertiary/aromatic N) is 1. The predicted molar refractivity (Wildman–Crippen MR) is 123 cm³/mol. The molecule has 0 aliphatic carbocycles. The third kappa shape index (κ3) is 4.50. The van der Waals surface area contributed by atoms with Gasteiger partial charge in [-0.25, -0.2) is 12.8 Å². The van der Waals surface area contributed by atoms with Gasteiger partial charge in [-0.05, 0) is 74.5 Å². The highest BCUT2D eigenvalue weighted by Crippen LogP contribution is 2.38. The molecule has 6 nitrogen and oxygen atoms in total. The summed E-state index contributed by atoms with van der Waals surface area (Å²) >= 11 is 0. The van der Waals surface area contributed by atoms with E-state index in [-0.39, 0.29) is 11.4 Å². The number of phenols is 1. The number of anilines is 1. The number of sulfonamides is 1. The number of rotatable bonds is 5. The van der Waals surface area contributed by atoms with E-state index in [2.05, 4.69) is 9.71 Å². The number of benzene rings is 3. The second-order valence-corrected chi connectivity index (χ2v) is 9.45. The Kier molecular flexibility index (Phi) is 5.48. The molecule has 0 spiro atoms. The SMILES string of the molecule is CC1(C)C=Cc2c(ccc(C=Nc3ccc(NS(=O)(=O)c4ccccc4F)cc3)c2O)O1. The summed E-state index contributed by atoms with van der Waals surface area (Å²) in [6, 6.07) is 14.9. The standard InChI is InChI=1S/C24H21FN2O4S/c1-24(2)14-13-19-21(31-24)12-7-16(23(19)28)15-26-17-8-10-18(11-9-17)27-32(29,30)22-6-4-3-5-20(22)25/h3-15,27-28H,1-2H3. The average molecular weight is 453 g/mol. The van der Waals surface area contributed by atoms with Gasteiger partial charge in [0.2, 0.25) is 0 Å². The Balaban J connectivity index is 1.51. The van der Waals surface area contributed by atoms with Crippen LogP contribution in [0.3, 0.4) is 0 Å². The molecule has 0 saturated carbocycles. The molecular weight excluding hydrogens is 431 g/mol. The number of fused-ring (bicyclic) bond motifs is 1. The van der Waals surface area contributed by atoms with Crippen molar-refractivity contribution in [3.05, 3.63) is 83.7 Å². The number of nitrogens with one attached hydrogen (secondary N) is 1. The quantitative estimate of drug-likeness (QED) is 0.517. The van der Waals surface area contributed by atoms with Crippen LogP contribution in [0.5, 0.6) is 11.5 Å². The number of hydrogen-bond donors (Lipinski definition) is 2. The van der Waals surface area contributed by atoms with E-state index in [1.807, 2.05) is 26.0 Å². The van der Waals surface area contributed by atoms with Crippen molar-refractivity contribution >= 4 is 33.7 Å². The van der Waals surface area contributed by atoms with Crippen LogP contribution in [0.1, 0.15) is 25.0 Å². The minimum Gasteiger partial charge on any atom is -0.506 e. The lowest BCUT2D eigenvalue weighted by Crippen LogP contribution is -2.27. The zero-order valence-corrected chi connectivity index (χ0v) is 18.2. The van der Waals surface area contributed by atoms with Gasteiger partial charge in [0.15, 0.2) is 0 Å². The summed E-state index contributed by atoms with van der Waals surface area (Å²) in [6.45, 7) is 3.86. The topological polar surface area (TPSA) is 88.0 Å². The summed E-state index contributed by atoms with van der Waals surface area (Å²) in [5.41, 5.74) is 1.48. The van der Waals surface area contributed by atoms with E-state index in [1.54, 1.807) is 24.3 Å². The largest absolute Gasteiger partial charge is 0.506 e. The lowest BCUT2D eigenvalue weighted by molar-refractivity contribution is 0.158. The van der Waals surface area contributed by atoms with Gasteiger partial charge in [-0.2, -0.15) is 0 Å². The van der Waals surface area contributed by atoms with Crippen LogP contribution in [0.4, 0.5) is 15.8 Å². The van der Waals surface area contributed by atoms with Crippen LogP contribution in [0, 0.1) is 5.82 Å². The number of aromatic hydroxyl groups is 1. The summed E-state index contributed by atoms with van der Waals surface area (Å²) < 4.78 is 46.8.